The third-order valence-corrected chi connectivity index (χ3v) is 18.1. The lowest BCUT2D eigenvalue weighted by atomic mass is 9.93. The lowest BCUT2D eigenvalue weighted by molar-refractivity contribution is 0.563. The molecule has 2 saturated heterocycles. The summed E-state index contributed by atoms with van der Waals surface area (Å²) in [4.78, 5) is 0. The first-order chi connectivity index (χ1) is 19.8. The van der Waals surface area contributed by atoms with Gasteiger partial charge in [0.25, 0.3) is 0 Å². The van der Waals surface area contributed by atoms with Crippen molar-refractivity contribution in [1.82, 2.24) is 0 Å². The summed E-state index contributed by atoms with van der Waals surface area (Å²) in [6, 6.07) is 28.6. The molecule has 2 fully saturated rings. The summed E-state index contributed by atoms with van der Waals surface area (Å²) in [6.45, 7) is 20.7. The highest BCUT2D eigenvalue weighted by molar-refractivity contribution is 7.69. The van der Waals surface area contributed by atoms with Crippen molar-refractivity contribution >= 4 is 48.0 Å². The van der Waals surface area contributed by atoms with Gasteiger partial charge in [-0.1, -0.05) is 170 Å². The molecule has 4 aromatic rings. The Bertz CT molecular complexity index is 1450. The maximum absolute atomic E-state index is 2.59. The van der Waals surface area contributed by atoms with Gasteiger partial charge in [-0.2, -0.15) is 0 Å². The second-order valence-corrected chi connectivity index (χ2v) is 22.8. The SMILES string of the molecule is CC1(C)CCCCC(C)(C)P1c1ccc2ccccc2c1-c1c(P2C(C)(C)CCCCC2(C)C)ccc2ccccc12. The number of fused-ring (bicyclic) bond motifs is 2. The Morgan fingerprint density at radius 2 is 0.714 bits per heavy atom. The molecule has 0 saturated carbocycles. The highest BCUT2D eigenvalue weighted by Gasteiger charge is 2.46. The topological polar surface area (TPSA) is 0 Å². The molecular weight excluding hydrogens is 542 g/mol. The molecule has 2 heterocycles. The first kappa shape index (κ1) is 30.3. The van der Waals surface area contributed by atoms with Crippen molar-refractivity contribution in [2.45, 2.75) is 127 Å². The van der Waals surface area contributed by atoms with Crippen LogP contribution in [-0.4, -0.2) is 20.6 Å². The second kappa shape index (κ2) is 11.0. The van der Waals surface area contributed by atoms with Gasteiger partial charge in [0.15, 0.2) is 0 Å². The van der Waals surface area contributed by atoms with E-state index in [1.165, 1.54) is 72.9 Å². The highest BCUT2D eigenvalue weighted by Crippen LogP contribution is 2.67. The van der Waals surface area contributed by atoms with Gasteiger partial charge in [0.2, 0.25) is 0 Å². The summed E-state index contributed by atoms with van der Waals surface area (Å²) >= 11 is 0. The molecule has 6 rings (SSSR count). The van der Waals surface area contributed by atoms with Crippen molar-refractivity contribution in [3.8, 4) is 11.1 Å². The minimum Gasteiger partial charge on any atom is -0.0630 e. The van der Waals surface area contributed by atoms with Gasteiger partial charge in [-0.25, -0.2) is 0 Å². The fraction of sp³-hybridized carbons (Fsp3) is 0.500. The van der Waals surface area contributed by atoms with E-state index >= 15 is 0 Å². The molecule has 0 aromatic heterocycles. The molecule has 2 aliphatic rings. The van der Waals surface area contributed by atoms with Crippen LogP contribution in [0.4, 0.5) is 0 Å². The molecule has 42 heavy (non-hydrogen) atoms. The van der Waals surface area contributed by atoms with Crippen molar-refractivity contribution in [1.29, 1.82) is 0 Å². The third-order valence-electron chi connectivity index (χ3n) is 10.6. The molecule has 0 spiro atoms. The average Bonchev–Trinajstić information content (AvgIpc) is 3.11. The Balaban J connectivity index is 1.78. The molecule has 0 unspecified atom stereocenters. The monoisotopic (exact) mass is 594 g/mol. The van der Waals surface area contributed by atoms with Crippen molar-refractivity contribution in [2.24, 2.45) is 0 Å². The molecule has 0 nitrogen and oxygen atoms in total. The Labute approximate surface area is 258 Å². The van der Waals surface area contributed by atoms with Crippen LogP contribution < -0.4 is 10.6 Å². The van der Waals surface area contributed by atoms with Gasteiger partial charge in [-0.3, -0.25) is 0 Å². The van der Waals surface area contributed by atoms with Crippen molar-refractivity contribution in [2.75, 3.05) is 0 Å². The van der Waals surface area contributed by atoms with Crippen LogP contribution in [0, 0.1) is 0 Å². The van der Waals surface area contributed by atoms with E-state index in [2.05, 4.69) is 128 Å². The maximum atomic E-state index is 2.59. The first-order valence-electron chi connectivity index (χ1n) is 16.5. The Hall–Kier alpha value is -1.74. The predicted molar refractivity (Wildman–Crippen MR) is 193 cm³/mol. The molecule has 0 aliphatic carbocycles. The summed E-state index contributed by atoms with van der Waals surface area (Å²) in [6.07, 6.45) is 10.7. The molecule has 2 heteroatoms. The lowest BCUT2D eigenvalue weighted by Gasteiger charge is -2.46. The van der Waals surface area contributed by atoms with Crippen LogP contribution in [-0.2, 0) is 0 Å². The third kappa shape index (κ3) is 5.28. The second-order valence-electron chi connectivity index (χ2n) is 15.7. The zero-order chi connectivity index (χ0) is 29.9. The fourth-order valence-corrected chi connectivity index (χ4v) is 17.8. The summed E-state index contributed by atoms with van der Waals surface area (Å²) in [7, 11) is -0.857. The predicted octanol–water partition coefficient (Wildman–Crippen LogP) is 12.1. The molecule has 0 radical (unpaired) electrons. The van der Waals surface area contributed by atoms with Crippen LogP contribution in [0.15, 0.2) is 72.8 Å². The van der Waals surface area contributed by atoms with Crippen LogP contribution in [0.3, 0.4) is 0 Å². The van der Waals surface area contributed by atoms with Crippen LogP contribution in [0.2, 0.25) is 0 Å². The molecule has 0 bridgehead atoms. The molecule has 222 valence electrons. The number of benzene rings is 4. The number of hydrogen-bond acceptors (Lipinski definition) is 0. The largest absolute Gasteiger partial charge is 0.0630 e. The van der Waals surface area contributed by atoms with E-state index in [4.69, 9.17) is 0 Å². The molecule has 0 atom stereocenters. The van der Waals surface area contributed by atoms with E-state index < -0.39 is 15.8 Å². The Morgan fingerprint density at radius 3 is 1.05 bits per heavy atom. The summed E-state index contributed by atoms with van der Waals surface area (Å²) in [5.74, 6) is 0. The fourth-order valence-electron chi connectivity index (χ4n) is 9.04. The highest BCUT2D eigenvalue weighted by atomic mass is 31.1. The van der Waals surface area contributed by atoms with E-state index in [-0.39, 0.29) is 0 Å². The molecule has 2 aliphatic heterocycles. The molecule has 0 N–H and O–H groups in total. The minimum absolute atomic E-state index is 0.295. The van der Waals surface area contributed by atoms with Crippen molar-refractivity contribution in [3.05, 3.63) is 72.8 Å². The van der Waals surface area contributed by atoms with Gasteiger partial charge in [-0.05, 0) is 89.6 Å². The molecular formula is C40H52P2. The van der Waals surface area contributed by atoms with E-state index in [1.807, 2.05) is 0 Å². The maximum Gasteiger partial charge on any atom is -0.00153 e. The normalized spacial score (nSPS) is 22.6. The summed E-state index contributed by atoms with van der Waals surface area (Å²) < 4.78 is 0. The molecule has 0 amide bonds. The van der Waals surface area contributed by atoms with Gasteiger partial charge in [-0.15, -0.1) is 0 Å². The van der Waals surface area contributed by atoms with Crippen LogP contribution in [0.25, 0.3) is 32.7 Å². The van der Waals surface area contributed by atoms with Gasteiger partial charge < -0.3 is 0 Å². The van der Waals surface area contributed by atoms with Crippen LogP contribution in [0.1, 0.15) is 107 Å². The smallest absolute Gasteiger partial charge is 0.00153 e. The zero-order valence-corrected chi connectivity index (χ0v) is 29.3. The van der Waals surface area contributed by atoms with Crippen molar-refractivity contribution < 1.29 is 0 Å². The summed E-state index contributed by atoms with van der Waals surface area (Å²) in [5.41, 5.74) is 3.12. The van der Waals surface area contributed by atoms with Crippen LogP contribution >= 0.6 is 15.8 Å². The molecule has 4 aromatic carbocycles. The number of hydrogen-bond donors (Lipinski definition) is 0. The quantitative estimate of drug-likeness (QED) is 0.207. The van der Waals surface area contributed by atoms with Gasteiger partial charge in [0, 0.05) is 0 Å². The summed E-state index contributed by atoms with van der Waals surface area (Å²) in [5, 5.41) is 10.1. The van der Waals surface area contributed by atoms with E-state index in [0.29, 0.717) is 20.6 Å². The Kier molecular flexibility index (Phi) is 7.94. The van der Waals surface area contributed by atoms with Gasteiger partial charge >= 0.3 is 0 Å². The minimum atomic E-state index is -0.429. The standard InChI is InChI=1S/C40H52P2/c1-37(2)25-13-14-26-38(3,4)41(37)33-23-21-29-17-9-11-19-31(29)35(33)36-32-20-12-10-18-30(32)22-24-34(36)42-39(5,6)27-15-16-28-40(42,7)8/h9-12,17-24H,13-16,25-28H2,1-8H3. The van der Waals surface area contributed by atoms with Gasteiger partial charge in [0.1, 0.15) is 0 Å². The van der Waals surface area contributed by atoms with Crippen LogP contribution in [0.5, 0.6) is 0 Å². The van der Waals surface area contributed by atoms with Gasteiger partial charge in [0.05, 0.1) is 0 Å². The average molecular weight is 595 g/mol. The van der Waals surface area contributed by atoms with Crippen molar-refractivity contribution in [3.63, 3.8) is 0 Å². The zero-order valence-electron chi connectivity index (χ0n) is 27.5. The van der Waals surface area contributed by atoms with E-state index in [1.54, 1.807) is 21.7 Å². The number of rotatable bonds is 3. The van der Waals surface area contributed by atoms with E-state index in [0.717, 1.165) is 0 Å². The lowest BCUT2D eigenvalue weighted by Crippen LogP contribution is -2.36. The van der Waals surface area contributed by atoms with E-state index in [9.17, 15) is 0 Å². The first-order valence-corrected chi connectivity index (χ1v) is 19.2. The Morgan fingerprint density at radius 1 is 0.405 bits per heavy atom.